The Balaban J connectivity index is 1.71. The van der Waals surface area contributed by atoms with Crippen LogP contribution in [0.1, 0.15) is 38.8 Å². The van der Waals surface area contributed by atoms with Gasteiger partial charge in [-0.3, -0.25) is 0 Å². The van der Waals surface area contributed by atoms with Crippen molar-refractivity contribution in [3.8, 4) is 0 Å². The van der Waals surface area contributed by atoms with Crippen molar-refractivity contribution in [1.29, 1.82) is 0 Å². The molecule has 2 nitrogen and oxygen atoms in total. The Kier molecular flexibility index (Phi) is 4.94. The van der Waals surface area contributed by atoms with Crippen LogP contribution >= 0.6 is 31.9 Å². The molecule has 2 aromatic rings. The van der Waals surface area contributed by atoms with Gasteiger partial charge in [0, 0.05) is 50.5 Å². The molecule has 150 valence electrons. The van der Waals surface area contributed by atoms with Crippen LogP contribution in [0, 0.1) is 0 Å². The minimum Gasteiger partial charge on any atom is -0.347 e. The summed E-state index contributed by atoms with van der Waals surface area (Å²) in [6.07, 6.45) is 6.75. The molecule has 4 rings (SSSR count). The second kappa shape index (κ2) is 6.95. The van der Waals surface area contributed by atoms with Crippen molar-refractivity contribution >= 4 is 48.9 Å². The number of hydrogen-bond donors (Lipinski definition) is 0. The molecule has 2 aromatic carbocycles. The normalized spacial score (nSPS) is 20.7. The second-order valence-electron chi connectivity index (χ2n) is 8.99. The summed E-state index contributed by atoms with van der Waals surface area (Å²) < 4.78 is 4.57. The zero-order chi connectivity index (χ0) is 21.1. The van der Waals surface area contributed by atoms with E-state index in [1.165, 1.54) is 33.9 Å². The maximum Gasteiger partial charge on any atom is 0.209 e. The molecule has 0 unspecified atom stereocenters. The number of rotatable bonds is 2. The van der Waals surface area contributed by atoms with E-state index >= 15 is 0 Å². The third kappa shape index (κ3) is 3.16. The summed E-state index contributed by atoms with van der Waals surface area (Å²) in [6.45, 7) is 9.20. The summed E-state index contributed by atoms with van der Waals surface area (Å²) >= 11 is 7.26. The van der Waals surface area contributed by atoms with Crippen LogP contribution in [0.25, 0.3) is 0 Å². The maximum absolute atomic E-state index is 3.63. The number of nitrogens with zero attached hydrogens (tertiary/aromatic N) is 2. The van der Waals surface area contributed by atoms with Gasteiger partial charge in [-0.25, -0.2) is 0 Å². The third-order valence-corrected chi connectivity index (χ3v) is 7.48. The Bertz CT molecular complexity index is 1100. The number of allylic oxidation sites excluding steroid dienone is 4. The van der Waals surface area contributed by atoms with Gasteiger partial charge in [-0.15, -0.1) is 0 Å². The van der Waals surface area contributed by atoms with Crippen molar-refractivity contribution in [2.75, 3.05) is 19.0 Å². The molecule has 0 aromatic heterocycles. The smallest absolute Gasteiger partial charge is 0.209 e. The zero-order valence-electron chi connectivity index (χ0n) is 17.8. The topological polar surface area (TPSA) is 6.25 Å². The zero-order valence-corrected chi connectivity index (χ0v) is 21.0. The monoisotopic (exact) mass is 513 g/mol. The molecule has 0 bridgehead atoms. The summed E-state index contributed by atoms with van der Waals surface area (Å²) in [6, 6.07) is 13.1. The fourth-order valence-corrected chi connectivity index (χ4v) is 5.57. The van der Waals surface area contributed by atoms with Gasteiger partial charge in [-0.05, 0) is 55.8 Å². The highest BCUT2D eigenvalue weighted by molar-refractivity contribution is 9.10. The van der Waals surface area contributed by atoms with E-state index in [1.807, 2.05) is 0 Å². The third-order valence-electron chi connectivity index (χ3n) is 6.50. The second-order valence-corrected chi connectivity index (χ2v) is 10.8. The van der Waals surface area contributed by atoms with Crippen LogP contribution in [0.15, 0.2) is 69.3 Å². The molecule has 2 aliphatic rings. The van der Waals surface area contributed by atoms with Gasteiger partial charge in [0.05, 0.1) is 5.41 Å². The molecule has 29 heavy (non-hydrogen) atoms. The number of benzene rings is 2. The molecule has 0 fully saturated rings. The van der Waals surface area contributed by atoms with Crippen LogP contribution in [-0.2, 0) is 10.8 Å². The van der Waals surface area contributed by atoms with E-state index in [1.54, 1.807) is 0 Å². The van der Waals surface area contributed by atoms with Crippen LogP contribution in [0.5, 0.6) is 0 Å². The van der Waals surface area contributed by atoms with Gasteiger partial charge in [0.2, 0.25) is 5.69 Å². The first-order valence-corrected chi connectivity index (χ1v) is 11.5. The lowest BCUT2D eigenvalue weighted by molar-refractivity contribution is -0.401. The summed E-state index contributed by atoms with van der Waals surface area (Å²) in [5.74, 6) is 0. The molecule has 0 N–H and O–H groups in total. The van der Waals surface area contributed by atoms with Crippen LogP contribution in [0.4, 0.5) is 11.4 Å². The van der Waals surface area contributed by atoms with Gasteiger partial charge in [0.15, 0.2) is 5.71 Å². The Morgan fingerprint density at radius 2 is 1.52 bits per heavy atom. The van der Waals surface area contributed by atoms with Crippen molar-refractivity contribution in [1.82, 2.24) is 0 Å². The molecule has 0 atom stereocenters. The number of anilines is 1. The summed E-state index contributed by atoms with van der Waals surface area (Å²) in [5, 5.41) is 0. The van der Waals surface area contributed by atoms with Gasteiger partial charge < -0.3 is 4.90 Å². The van der Waals surface area contributed by atoms with E-state index in [-0.39, 0.29) is 10.8 Å². The van der Waals surface area contributed by atoms with Crippen molar-refractivity contribution < 1.29 is 4.58 Å². The van der Waals surface area contributed by atoms with Crippen LogP contribution in [0.3, 0.4) is 0 Å². The van der Waals surface area contributed by atoms with Crippen molar-refractivity contribution in [3.05, 3.63) is 80.4 Å². The standard InChI is InChI=1S/C25H27Br2N2/c1-24(2)18-14-16(26)10-12-20(18)28(5)22(24)8-7-9-23-25(3,4)19-15-17(27)11-13-21(19)29(23)6/h7-15H,1-6H3/q+1. The summed E-state index contributed by atoms with van der Waals surface area (Å²) in [4.78, 5) is 2.31. The minimum absolute atomic E-state index is 0.0339. The molecule has 0 saturated carbocycles. The predicted octanol–water partition coefficient (Wildman–Crippen LogP) is 7.09. The van der Waals surface area contributed by atoms with Crippen LogP contribution < -0.4 is 4.90 Å². The molecule has 0 amide bonds. The van der Waals surface area contributed by atoms with Crippen LogP contribution in [0.2, 0.25) is 0 Å². The highest BCUT2D eigenvalue weighted by atomic mass is 79.9. The largest absolute Gasteiger partial charge is 0.347 e. The maximum atomic E-state index is 3.63. The molecule has 2 aliphatic heterocycles. The number of likely N-dealkylation sites (N-methyl/N-ethyl adjacent to an activating group) is 1. The molecule has 0 saturated heterocycles. The van der Waals surface area contributed by atoms with Crippen molar-refractivity contribution in [2.45, 2.75) is 38.5 Å². The summed E-state index contributed by atoms with van der Waals surface area (Å²) in [7, 11) is 4.32. The molecule has 0 spiro atoms. The number of halogens is 2. The first-order chi connectivity index (χ1) is 13.5. The van der Waals surface area contributed by atoms with Crippen molar-refractivity contribution in [2.24, 2.45) is 0 Å². The summed E-state index contributed by atoms with van der Waals surface area (Å²) in [5.41, 5.74) is 7.82. The predicted molar refractivity (Wildman–Crippen MR) is 131 cm³/mol. The average molecular weight is 515 g/mol. The number of hydrogen-bond acceptors (Lipinski definition) is 1. The molecule has 2 heterocycles. The van der Waals surface area contributed by atoms with E-state index in [4.69, 9.17) is 0 Å². The van der Waals surface area contributed by atoms with Gasteiger partial charge in [-0.1, -0.05) is 51.8 Å². The number of fused-ring (bicyclic) bond motifs is 2. The first kappa shape index (κ1) is 20.6. The Hall–Kier alpha value is -1.65. The average Bonchev–Trinajstić information content (AvgIpc) is 2.95. The van der Waals surface area contributed by atoms with E-state index in [0.29, 0.717) is 0 Å². The molecule has 0 aliphatic carbocycles. The van der Waals surface area contributed by atoms with E-state index in [2.05, 4.69) is 138 Å². The van der Waals surface area contributed by atoms with Gasteiger partial charge in [0.1, 0.15) is 7.05 Å². The Labute approximate surface area is 190 Å². The van der Waals surface area contributed by atoms with Gasteiger partial charge >= 0.3 is 0 Å². The van der Waals surface area contributed by atoms with E-state index < -0.39 is 0 Å². The fraction of sp³-hybridized carbons (Fsp3) is 0.320. The first-order valence-electron chi connectivity index (χ1n) is 9.89. The Morgan fingerprint density at radius 3 is 2.21 bits per heavy atom. The molecular formula is C25H27Br2N2+. The lowest BCUT2D eigenvalue weighted by Crippen LogP contribution is -2.26. The van der Waals surface area contributed by atoms with Gasteiger partial charge in [-0.2, -0.15) is 4.58 Å². The van der Waals surface area contributed by atoms with E-state index in [0.717, 1.165) is 8.95 Å². The highest BCUT2D eigenvalue weighted by Gasteiger charge is 2.43. The van der Waals surface area contributed by atoms with Crippen molar-refractivity contribution in [3.63, 3.8) is 0 Å². The van der Waals surface area contributed by atoms with Crippen LogP contribution in [-0.4, -0.2) is 24.4 Å². The molecule has 0 radical (unpaired) electrons. The highest BCUT2D eigenvalue weighted by Crippen LogP contribution is 2.47. The lowest BCUT2D eigenvalue weighted by atomic mass is 9.81. The SMILES string of the molecule is CN1C(=CC=CC2=[N+](C)c3ccc(Br)cc3C2(C)C)C(C)(C)c2cc(Br)ccc21. The Morgan fingerprint density at radius 1 is 0.897 bits per heavy atom. The fourth-order valence-electron chi connectivity index (χ4n) is 4.85. The minimum atomic E-state index is -0.0339. The molecular weight excluding hydrogens is 488 g/mol. The van der Waals surface area contributed by atoms with Gasteiger partial charge in [0.25, 0.3) is 0 Å². The quantitative estimate of drug-likeness (QED) is 0.388. The van der Waals surface area contributed by atoms with E-state index in [9.17, 15) is 0 Å². The molecule has 4 heteroatoms. The lowest BCUT2D eigenvalue weighted by Gasteiger charge is -2.23.